The summed E-state index contributed by atoms with van der Waals surface area (Å²) in [5, 5.41) is 12.2. The van der Waals surface area contributed by atoms with Crippen LogP contribution < -0.4 is 0 Å². The van der Waals surface area contributed by atoms with Gasteiger partial charge in [0.1, 0.15) is 0 Å². The average Bonchev–Trinajstić information content (AvgIpc) is 2.90. The van der Waals surface area contributed by atoms with Crippen molar-refractivity contribution in [1.29, 1.82) is 0 Å². The van der Waals surface area contributed by atoms with Crippen LogP contribution in [0.4, 0.5) is 0 Å². The second-order valence-electron chi connectivity index (χ2n) is 4.13. The Kier molecular flexibility index (Phi) is 4.19. The summed E-state index contributed by atoms with van der Waals surface area (Å²) in [7, 11) is 1.61. The normalized spacial score (nSPS) is 10.3. The van der Waals surface area contributed by atoms with Crippen LogP contribution in [-0.4, -0.2) is 34.1 Å². The van der Waals surface area contributed by atoms with Gasteiger partial charge >= 0.3 is 5.97 Å². The third-order valence-corrected chi connectivity index (χ3v) is 3.43. The van der Waals surface area contributed by atoms with E-state index >= 15 is 0 Å². The number of carbonyl (C=O) groups excluding carboxylic acids is 1. The van der Waals surface area contributed by atoms with Crippen LogP contribution in [0.2, 0.25) is 0 Å². The van der Waals surface area contributed by atoms with Crippen molar-refractivity contribution in [2.24, 2.45) is 0 Å². The van der Waals surface area contributed by atoms with Crippen molar-refractivity contribution in [3.8, 4) is 0 Å². The quantitative estimate of drug-likeness (QED) is 0.925. The van der Waals surface area contributed by atoms with Gasteiger partial charge < -0.3 is 14.5 Å². The molecule has 0 spiro atoms. The fraction of sp³-hybridized carbons (Fsp3) is 0.154. The fourth-order valence-electron chi connectivity index (χ4n) is 1.63. The van der Waals surface area contributed by atoms with Gasteiger partial charge in [0, 0.05) is 24.1 Å². The third kappa shape index (κ3) is 3.05. The molecule has 0 aliphatic carbocycles. The van der Waals surface area contributed by atoms with Gasteiger partial charge in [-0.2, -0.15) is 0 Å². The zero-order valence-electron chi connectivity index (χ0n) is 10.5. The largest absolute Gasteiger partial charge is 0.475 e. The summed E-state index contributed by atoms with van der Waals surface area (Å²) < 4.78 is 5.46. The van der Waals surface area contributed by atoms with Crippen LogP contribution in [0.25, 0.3) is 0 Å². The van der Waals surface area contributed by atoms with Crippen LogP contribution in [0.15, 0.2) is 39.3 Å². The van der Waals surface area contributed by atoms with E-state index in [1.54, 1.807) is 7.05 Å². The molecule has 0 bridgehead atoms. The number of carboxylic acids is 1. The minimum atomic E-state index is -1.26. The van der Waals surface area contributed by atoms with Gasteiger partial charge in [-0.15, -0.1) is 0 Å². The highest BCUT2D eigenvalue weighted by Gasteiger charge is 2.20. The van der Waals surface area contributed by atoms with Gasteiger partial charge in [-0.05, 0) is 11.6 Å². The average molecular weight is 339 g/mol. The van der Waals surface area contributed by atoms with Crippen LogP contribution in [0, 0.1) is 0 Å². The van der Waals surface area contributed by atoms with Crippen LogP contribution >= 0.6 is 15.9 Å². The number of hydrogen-bond acceptors (Lipinski definition) is 4. The number of carboxylic acid groups (broad SMARTS) is 1. The van der Waals surface area contributed by atoms with E-state index in [9.17, 15) is 9.59 Å². The number of nitrogens with zero attached hydrogens (tertiary/aromatic N) is 2. The zero-order valence-corrected chi connectivity index (χ0v) is 12.1. The molecule has 0 atom stereocenters. The van der Waals surface area contributed by atoms with Gasteiger partial charge in [0.25, 0.3) is 5.91 Å². The number of carbonyl (C=O) groups is 2. The molecule has 1 aromatic heterocycles. The Morgan fingerprint density at radius 2 is 2.10 bits per heavy atom. The molecule has 1 N–H and O–H groups in total. The van der Waals surface area contributed by atoms with Crippen molar-refractivity contribution in [1.82, 2.24) is 10.1 Å². The van der Waals surface area contributed by atoms with E-state index in [1.165, 1.54) is 4.90 Å². The maximum absolute atomic E-state index is 12.1. The smallest absolute Gasteiger partial charge is 0.374 e. The molecule has 1 amide bonds. The molecule has 1 heterocycles. The first-order valence-electron chi connectivity index (χ1n) is 5.68. The lowest BCUT2D eigenvalue weighted by molar-refractivity contribution is 0.0649. The van der Waals surface area contributed by atoms with Crippen molar-refractivity contribution in [3.63, 3.8) is 0 Å². The summed E-state index contributed by atoms with van der Waals surface area (Å²) >= 11 is 3.40. The Bertz CT molecular complexity index is 653. The molecule has 0 aliphatic rings. The molecule has 0 unspecified atom stereocenters. The number of rotatable bonds is 4. The maximum Gasteiger partial charge on any atom is 0.374 e. The topological polar surface area (TPSA) is 83.6 Å². The minimum Gasteiger partial charge on any atom is -0.475 e. The minimum absolute atomic E-state index is 0.0306. The molecular weight excluding hydrogens is 328 g/mol. The molecule has 104 valence electrons. The van der Waals surface area contributed by atoms with E-state index in [-0.39, 0.29) is 11.5 Å². The van der Waals surface area contributed by atoms with E-state index in [0.717, 1.165) is 16.1 Å². The van der Waals surface area contributed by atoms with Crippen molar-refractivity contribution < 1.29 is 19.2 Å². The van der Waals surface area contributed by atoms with Crippen molar-refractivity contribution in [2.75, 3.05) is 7.05 Å². The standard InChI is InChI=1S/C13H11BrN2O4/c1-16(7-8-4-2-3-5-9(8)14)12(17)10-6-11(13(18)19)20-15-10/h2-6H,7H2,1H3,(H,18,19). The zero-order chi connectivity index (χ0) is 14.7. The number of hydrogen-bond donors (Lipinski definition) is 1. The molecule has 0 fully saturated rings. The van der Waals surface area contributed by atoms with E-state index in [0.29, 0.717) is 6.54 Å². The van der Waals surface area contributed by atoms with E-state index in [1.807, 2.05) is 24.3 Å². The van der Waals surface area contributed by atoms with Crippen molar-refractivity contribution in [2.45, 2.75) is 6.54 Å². The van der Waals surface area contributed by atoms with E-state index < -0.39 is 11.9 Å². The number of halogens is 1. The first-order valence-corrected chi connectivity index (χ1v) is 6.47. The second kappa shape index (κ2) is 5.87. The molecule has 2 rings (SSSR count). The maximum atomic E-state index is 12.1. The van der Waals surface area contributed by atoms with Crippen LogP contribution in [0.3, 0.4) is 0 Å². The molecule has 6 nitrogen and oxygen atoms in total. The molecule has 2 aromatic rings. The number of amides is 1. The SMILES string of the molecule is CN(Cc1ccccc1Br)C(=O)c1cc(C(=O)O)on1. The van der Waals surface area contributed by atoms with Crippen LogP contribution in [0.5, 0.6) is 0 Å². The monoisotopic (exact) mass is 338 g/mol. The van der Waals surface area contributed by atoms with E-state index in [2.05, 4.69) is 25.6 Å². The molecule has 1 aromatic carbocycles. The predicted octanol–water partition coefficient (Wildman–Crippen LogP) is 2.41. The lowest BCUT2D eigenvalue weighted by Gasteiger charge is -2.16. The summed E-state index contributed by atoms with van der Waals surface area (Å²) in [6, 6.07) is 8.63. The Labute approximate surface area is 123 Å². The highest BCUT2D eigenvalue weighted by molar-refractivity contribution is 9.10. The van der Waals surface area contributed by atoms with Crippen LogP contribution in [-0.2, 0) is 6.54 Å². The number of aromatic nitrogens is 1. The molecule has 20 heavy (non-hydrogen) atoms. The van der Waals surface area contributed by atoms with Gasteiger partial charge in [0.2, 0.25) is 5.76 Å². The Morgan fingerprint density at radius 1 is 1.40 bits per heavy atom. The summed E-state index contributed by atoms with van der Waals surface area (Å²) in [5.74, 6) is -2.02. The molecule has 7 heteroatoms. The number of aromatic carboxylic acids is 1. The highest BCUT2D eigenvalue weighted by atomic mass is 79.9. The predicted molar refractivity (Wildman–Crippen MR) is 73.4 cm³/mol. The molecule has 0 aliphatic heterocycles. The Balaban J connectivity index is 2.12. The number of benzene rings is 1. The van der Waals surface area contributed by atoms with Gasteiger partial charge in [-0.3, -0.25) is 4.79 Å². The first-order chi connectivity index (χ1) is 9.49. The lowest BCUT2D eigenvalue weighted by atomic mass is 10.2. The van der Waals surface area contributed by atoms with E-state index in [4.69, 9.17) is 5.11 Å². The van der Waals surface area contributed by atoms with Gasteiger partial charge in [-0.1, -0.05) is 39.3 Å². The van der Waals surface area contributed by atoms with Crippen LogP contribution in [0.1, 0.15) is 26.6 Å². The van der Waals surface area contributed by atoms with Crippen molar-refractivity contribution in [3.05, 3.63) is 51.8 Å². The van der Waals surface area contributed by atoms with Gasteiger partial charge in [0.05, 0.1) is 0 Å². The molecule has 0 saturated heterocycles. The Morgan fingerprint density at radius 3 is 2.70 bits per heavy atom. The molecular formula is C13H11BrN2O4. The lowest BCUT2D eigenvalue weighted by Crippen LogP contribution is -2.26. The molecule has 0 radical (unpaired) electrons. The third-order valence-electron chi connectivity index (χ3n) is 2.65. The first kappa shape index (κ1) is 14.3. The van der Waals surface area contributed by atoms with Gasteiger partial charge in [0.15, 0.2) is 5.69 Å². The summed E-state index contributed by atoms with van der Waals surface area (Å²) in [6.07, 6.45) is 0. The second-order valence-corrected chi connectivity index (χ2v) is 4.99. The fourth-order valence-corrected chi connectivity index (χ4v) is 2.04. The Hall–Kier alpha value is -2.15. The van der Waals surface area contributed by atoms with Crippen molar-refractivity contribution >= 4 is 27.8 Å². The summed E-state index contributed by atoms with van der Waals surface area (Å²) in [5.41, 5.74) is 0.905. The van der Waals surface area contributed by atoms with Gasteiger partial charge in [-0.25, -0.2) is 4.79 Å². The summed E-state index contributed by atoms with van der Waals surface area (Å²) in [4.78, 5) is 24.2. The summed E-state index contributed by atoms with van der Waals surface area (Å²) in [6.45, 7) is 0.371. The molecule has 0 saturated carbocycles. The highest BCUT2D eigenvalue weighted by Crippen LogP contribution is 2.18.